The second-order valence-corrected chi connectivity index (χ2v) is 8.33. The maximum atomic E-state index is 12.3. The van der Waals surface area contributed by atoms with Gasteiger partial charge in [0, 0.05) is 13.1 Å². The highest BCUT2D eigenvalue weighted by Gasteiger charge is 2.26. The minimum absolute atomic E-state index is 0.260. The Morgan fingerprint density at radius 2 is 1.88 bits per heavy atom. The lowest BCUT2D eigenvalue weighted by Crippen LogP contribution is -2.39. The molecule has 1 aliphatic heterocycles. The van der Waals surface area contributed by atoms with Crippen molar-refractivity contribution >= 4 is 22.0 Å². The quantitative estimate of drug-likeness (QED) is 0.677. The fourth-order valence-corrected chi connectivity index (χ4v) is 3.39. The van der Waals surface area contributed by atoms with E-state index in [4.69, 9.17) is 9.47 Å². The fraction of sp³-hybridized carbons (Fsp3) is 0.381. The van der Waals surface area contributed by atoms with Crippen molar-refractivity contribution in [3.05, 3.63) is 63.6 Å². The van der Waals surface area contributed by atoms with Gasteiger partial charge in [0.15, 0.2) is 0 Å². The van der Waals surface area contributed by atoms with Crippen molar-refractivity contribution in [1.82, 2.24) is 4.90 Å². The first kappa shape index (κ1) is 18.8. The second-order valence-electron chi connectivity index (χ2n) is 7.48. The first-order valence-corrected chi connectivity index (χ1v) is 9.57. The molecular weight excluding hydrogens is 394 g/mol. The van der Waals surface area contributed by atoms with Gasteiger partial charge in [0.25, 0.3) is 0 Å². The molecule has 0 N–H and O–H groups in total. The van der Waals surface area contributed by atoms with Crippen LogP contribution in [-0.4, -0.2) is 23.1 Å². The van der Waals surface area contributed by atoms with Crippen LogP contribution in [0.5, 0.6) is 5.75 Å². The molecular formula is C21H24BrNO3. The number of amides is 1. The van der Waals surface area contributed by atoms with Crippen LogP contribution < -0.4 is 4.74 Å². The van der Waals surface area contributed by atoms with Crippen LogP contribution in [0.1, 0.15) is 37.5 Å². The monoisotopic (exact) mass is 417 g/mol. The van der Waals surface area contributed by atoms with Gasteiger partial charge in [0.1, 0.15) is 18.0 Å². The van der Waals surface area contributed by atoms with Crippen LogP contribution in [0.15, 0.2) is 46.9 Å². The lowest BCUT2D eigenvalue weighted by atomic mass is 10.00. The lowest BCUT2D eigenvalue weighted by Gasteiger charge is -2.31. The SMILES string of the molecule is CC(C)(C)OC(=O)N1CCc2cc(OCc3ccccc3)c(Br)cc2C1. The zero-order chi connectivity index (χ0) is 18.7. The average molecular weight is 418 g/mol. The van der Waals surface area contributed by atoms with Gasteiger partial charge >= 0.3 is 6.09 Å². The molecule has 0 atom stereocenters. The van der Waals surface area contributed by atoms with Crippen LogP contribution in [0.2, 0.25) is 0 Å². The first-order chi connectivity index (χ1) is 12.3. The summed E-state index contributed by atoms with van der Waals surface area (Å²) in [6.45, 7) is 7.40. The van der Waals surface area contributed by atoms with E-state index in [1.807, 2.05) is 57.2 Å². The summed E-state index contributed by atoms with van der Waals surface area (Å²) >= 11 is 3.60. The molecule has 0 radical (unpaired) electrons. The van der Waals surface area contributed by atoms with Crippen LogP contribution in [0.25, 0.3) is 0 Å². The molecule has 2 aromatic carbocycles. The summed E-state index contributed by atoms with van der Waals surface area (Å²) < 4.78 is 12.4. The van der Waals surface area contributed by atoms with E-state index in [1.54, 1.807) is 4.90 Å². The predicted octanol–water partition coefficient (Wildman–Crippen LogP) is 5.32. The van der Waals surface area contributed by atoms with E-state index in [2.05, 4.69) is 22.0 Å². The molecule has 0 saturated carbocycles. The van der Waals surface area contributed by atoms with Crippen molar-refractivity contribution in [2.75, 3.05) is 6.54 Å². The molecule has 0 aliphatic carbocycles. The van der Waals surface area contributed by atoms with Crippen molar-refractivity contribution in [3.63, 3.8) is 0 Å². The standard InChI is InChI=1S/C21H24BrNO3/c1-21(2,3)26-20(24)23-10-9-16-12-19(18(22)11-17(16)13-23)25-14-15-7-5-4-6-8-15/h4-8,11-12H,9-10,13-14H2,1-3H3. The third kappa shape index (κ3) is 4.79. The molecule has 0 bridgehead atoms. The summed E-state index contributed by atoms with van der Waals surface area (Å²) in [7, 11) is 0. The molecule has 1 amide bonds. The maximum absolute atomic E-state index is 12.3. The van der Waals surface area contributed by atoms with Gasteiger partial charge in [0.2, 0.25) is 0 Å². The van der Waals surface area contributed by atoms with Gasteiger partial charge in [-0.3, -0.25) is 0 Å². The van der Waals surface area contributed by atoms with Crippen LogP contribution in [-0.2, 0) is 24.3 Å². The number of hydrogen-bond acceptors (Lipinski definition) is 3. The highest BCUT2D eigenvalue weighted by Crippen LogP contribution is 2.32. The number of hydrogen-bond donors (Lipinski definition) is 0. The van der Waals surface area contributed by atoms with Crippen molar-refractivity contribution < 1.29 is 14.3 Å². The normalized spacial score (nSPS) is 13.9. The predicted molar refractivity (Wildman–Crippen MR) is 105 cm³/mol. The fourth-order valence-electron chi connectivity index (χ4n) is 2.88. The van der Waals surface area contributed by atoms with Gasteiger partial charge in [-0.25, -0.2) is 4.79 Å². The van der Waals surface area contributed by atoms with Crippen molar-refractivity contribution in [2.45, 2.75) is 45.9 Å². The average Bonchev–Trinajstić information content (AvgIpc) is 2.59. The Bertz CT molecular complexity index is 784. The Balaban J connectivity index is 1.69. The molecule has 0 aromatic heterocycles. The minimum Gasteiger partial charge on any atom is -0.488 e. The summed E-state index contributed by atoms with van der Waals surface area (Å²) in [5, 5.41) is 0. The second kappa shape index (κ2) is 7.70. The van der Waals surface area contributed by atoms with E-state index in [0.29, 0.717) is 19.7 Å². The number of halogens is 1. The Kier molecular flexibility index (Phi) is 5.56. The summed E-state index contributed by atoms with van der Waals surface area (Å²) in [6.07, 6.45) is 0.535. The van der Waals surface area contributed by atoms with Gasteiger partial charge in [-0.05, 0) is 71.9 Å². The number of carbonyl (C=O) groups is 1. The van der Waals surface area contributed by atoms with E-state index in [-0.39, 0.29) is 6.09 Å². The minimum atomic E-state index is -0.479. The summed E-state index contributed by atoms with van der Waals surface area (Å²) in [4.78, 5) is 14.1. The van der Waals surface area contributed by atoms with E-state index in [9.17, 15) is 4.79 Å². The molecule has 0 saturated heterocycles. The highest BCUT2D eigenvalue weighted by atomic mass is 79.9. The Morgan fingerprint density at radius 3 is 2.58 bits per heavy atom. The van der Waals surface area contributed by atoms with Crippen molar-refractivity contribution in [1.29, 1.82) is 0 Å². The lowest BCUT2D eigenvalue weighted by molar-refractivity contribution is 0.0224. The van der Waals surface area contributed by atoms with Crippen LogP contribution >= 0.6 is 15.9 Å². The molecule has 3 rings (SSSR count). The van der Waals surface area contributed by atoms with Crippen molar-refractivity contribution in [3.8, 4) is 5.75 Å². The molecule has 138 valence electrons. The smallest absolute Gasteiger partial charge is 0.410 e. The zero-order valence-electron chi connectivity index (χ0n) is 15.4. The molecule has 26 heavy (non-hydrogen) atoms. The Hall–Kier alpha value is -2.01. The number of ether oxygens (including phenoxy) is 2. The van der Waals surface area contributed by atoms with Gasteiger partial charge in [-0.1, -0.05) is 30.3 Å². The summed E-state index contributed by atoms with van der Waals surface area (Å²) in [5.74, 6) is 0.832. The molecule has 2 aromatic rings. The Morgan fingerprint density at radius 1 is 1.15 bits per heavy atom. The third-order valence-electron chi connectivity index (χ3n) is 4.16. The third-order valence-corrected chi connectivity index (χ3v) is 4.77. The maximum Gasteiger partial charge on any atom is 0.410 e. The van der Waals surface area contributed by atoms with E-state index in [1.165, 1.54) is 5.56 Å². The Labute approximate surface area is 163 Å². The molecule has 1 aliphatic rings. The van der Waals surface area contributed by atoms with Crippen LogP contribution in [0.3, 0.4) is 0 Å². The summed E-state index contributed by atoms with van der Waals surface area (Å²) in [5.41, 5.74) is 3.00. The van der Waals surface area contributed by atoms with Gasteiger partial charge < -0.3 is 14.4 Å². The largest absolute Gasteiger partial charge is 0.488 e. The number of rotatable bonds is 3. The van der Waals surface area contributed by atoms with E-state index >= 15 is 0 Å². The van der Waals surface area contributed by atoms with Gasteiger partial charge in [0.05, 0.1) is 4.47 Å². The zero-order valence-corrected chi connectivity index (χ0v) is 17.0. The van der Waals surface area contributed by atoms with Crippen LogP contribution in [0.4, 0.5) is 4.79 Å². The first-order valence-electron chi connectivity index (χ1n) is 8.78. The molecule has 1 heterocycles. The van der Waals surface area contributed by atoms with E-state index < -0.39 is 5.60 Å². The number of nitrogens with zero attached hydrogens (tertiary/aromatic N) is 1. The number of benzene rings is 2. The molecule has 5 heteroatoms. The topological polar surface area (TPSA) is 38.8 Å². The van der Waals surface area contributed by atoms with Gasteiger partial charge in [-0.2, -0.15) is 0 Å². The van der Waals surface area contributed by atoms with Crippen molar-refractivity contribution in [2.24, 2.45) is 0 Å². The van der Waals surface area contributed by atoms with E-state index in [0.717, 1.165) is 27.8 Å². The number of fused-ring (bicyclic) bond motifs is 1. The molecule has 0 spiro atoms. The number of carbonyl (C=O) groups excluding carboxylic acids is 1. The van der Waals surface area contributed by atoms with Crippen LogP contribution in [0, 0.1) is 0 Å². The highest BCUT2D eigenvalue weighted by molar-refractivity contribution is 9.10. The molecule has 4 nitrogen and oxygen atoms in total. The molecule has 0 fully saturated rings. The van der Waals surface area contributed by atoms with Gasteiger partial charge in [-0.15, -0.1) is 0 Å². The summed E-state index contributed by atoms with van der Waals surface area (Å²) in [6, 6.07) is 14.2. The molecule has 0 unspecified atom stereocenters.